The van der Waals surface area contributed by atoms with Crippen LogP contribution in [0.2, 0.25) is 0 Å². The van der Waals surface area contributed by atoms with Crippen molar-refractivity contribution in [2.45, 2.75) is 32.6 Å². The molecule has 104 valence electrons. The minimum Gasteiger partial charge on any atom is -0.375 e. The van der Waals surface area contributed by atoms with Crippen LogP contribution in [0.3, 0.4) is 0 Å². The number of ether oxygens (including phenoxy) is 1. The summed E-state index contributed by atoms with van der Waals surface area (Å²) in [5, 5.41) is 6.25. The summed E-state index contributed by atoms with van der Waals surface area (Å²) in [5.41, 5.74) is 1.01. The van der Waals surface area contributed by atoms with Crippen LogP contribution >= 0.6 is 0 Å². The zero-order chi connectivity index (χ0) is 13.2. The molecule has 1 heterocycles. The summed E-state index contributed by atoms with van der Waals surface area (Å²) in [6, 6.07) is 0. The molecule has 0 aliphatic carbocycles. The molecule has 1 amide bonds. The van der Waals surface area contributed by atoms with E-state index in [1.807, 2.05) is 6.92 Å². The average Bonchev–Trinajstić information content (AvgIpc) is 2.37. The fraction of sp³-hybridized carbons (Fsp3) is 0.786. The molecule has 2 N–H and O–H groups in total. The Morgan fingerprint density at radius 2 is 2.39 bits per heavy atom. The second-order valence-corrected chi connectivity index (χ2v) is 5.11. The molecule has 0 radical (unpaired) electrons. The van der Waals surface area contributed by atoms with Crippen molar-refractivity contribution < 1.29 is 9.53 Å². The topological polar surface area (TPSA) is 50.4 Å². The molecule has 1 atom stereocenters. The first-order chi connectivity index (χ1) is 8.68. The normalized spacial score (nSPS) is 19.5. The van der Waals surface area contributed by atoms with Crippen molar-refractivity contribution in [1.82, 2.24) is 10.6 Å². The van der Waals surface area contributed by atoms with Crippen molar-refractivity contribution in [3.63, 3.8) is 0 Å². The van der Waals surface area contributed by atoms with Gasteiger partial charge in [-0.2, -0.15) is 0 Å². The lowest BCUT2D eigenvalue weighted by Gasteiger charge is -2.22. The van der Waals surface area contributed by atoms with E-state index in [4.69, 9.17) is 4.74 Å². The zero-order valence-corrected chi connectivity index (χ0v) is 11.5. The maximum Gasteiger partial charge on any atom is 0.220 e. The number of carbonyl (C=O) groups excluding carboxylic acids is 1. The number of hydrogen-bond donors (Lipinski definition) is 2. The van der Waals surface area contributed by atoms with Crippen LogP contribution in [0.4, 0.5) is 0 Å². The summed E-state index contributed by atoms with van der Waals surface area (Å²) in [4.78, 5) is 11.6. The highest BCUT2D eigenvalue weighted by Crippen LogP contribution is 2.15. The van der Waals surface area contributed by atoms with Gasteiger partial charge in [0.25, 0.3) is 0 Å². The first-order valence-corrected chi connectivity index (χ1v) is 6.88. The molecule has 4 nitrogen and oxygen atoms in total. The largest absolute Gasteiger partial charge is 0.375 e. The second-order valence-electron chi connectivity index (χ2n) is 5.11. The summed E-state index contributed by atoms with van der Waals surface area (Å²) in [6.45, 7) is 9.59. The van der Waals surface area contributed by atoms with Crippen LogP contribution in [0.1, 0.15) is 32.6 Å². The highest BCUT2D eigenvalue weighted by molar-refractivity contribution is 5.75. The quantitative estimate of drug-likeness (QED) is 0.509. The Morgan fingerprint density at radius 1 is 1.56 bits per heavy atom. The van der Waals surface area contributed by atoms with Crippen molar-refractivity contribution in [2.24, 2.45) is 5.92 Å². The summed E-state index contributed by atoms with van der Waals surface area (Å²) in [5.74, 6) is 0.809. The van der Waals surface area contributed by atoms with E-state index in [0.717, 1.165) is 25.1 Å². The Balaban J connectivity index is 1.94. The van der Waals surface area contributed by atoms with E-state index in [9.17, 15) is 4.79 Å². The molecule has 4 heteroatoms. The zero-order valence-electron chi connectivity index (χ0n) is 11.5. The SMILES string of the molecule is C=C(C)COCCNC(=O)CCC1CCCNC1. The van der Waals surface area contributed by atoms with Crippen molar-refractivity contribution >= 4 is 5.91 Å². The van der Waals surface area contributed by atoms with Gasteiger partial charge in [-0.15, -0.1) is 0 Å². The molecule has 1 unspecified atom stereocenters. The maximum absolute atomic E-state index is 11.6. The van der Waals surface area contributed by atoms with Crippen LogP contribution in [0, 0.1) is 5.92 Å². The monoisotopic (exact) mass is 254 g/mol. The third-order valence-corrected chi connectivity index (χ3v) is 3.10. The summed E-state index contributed by atoms with van der Waals surface area (Å²) < 4.78 is 5.32. The maximum atomic E-state index is 11.6. The Hall–Kier alpha value is -0.870. The fourth-order valence-electron chi connectivity index (χ4n) is 2.10. The smallest absolute Gasteiger partial charge is 0.220 e. The van der Waals surface area contributed by atoms with Crippen LogP contribution in [-0.4, -0.2) is 38.8 Å². The van der Waals surface area contributed by atoms with Crippen LogP contribution in [0.25, 0.3) is 0 Å². The summed E-state index contributed by atoms with van der Waals surface area (Å²) >= 11 is 0. The van der Waals surface area contributed by atoms with Crippen molar-refractivity contribution in [3.8, 4) is 0 Å². The van der Waals surface area contributed by atoms with Crippen molar-refractivity contribution in [3.05, 3.63) is 12.2 Å². The fourth-order valence-corrected chi connectivity index (χ4v) is 2.10. The van der Waals surface area contributed by atoms with Gasteiger partial charge in [0.05, 0.1) is 13.2 Å². The Kier molecular flexibility index (Phi) is 7.69. The molecule has 1 aliphatic rings. The van der Waals surface area contributed by atoms with E-state index >= 15 is 0 Å². The van der Waals surface area contributed by atoms with Crippen LogP contribution in [0.15, 0.2) is 12.2 Å². The molecule has 0 aromatic carbocycles. The molecule has 1 saturated heterocycles. The third-order valence-electron chi connectivity index (χ3n) is 3.10. The van der Waals surface area contributed by atoms with Gasteiger partial charge < -0.3 is 15.4 Å². The molecular weight excluding hydrogens is 228 g/mol. The number of hydrogen-bond acceptors (Lipinski definition) is 3. The Bertz CT molecular complexity index is 261. The van der Waals surface area contributed by atoms with Gasteiger partial charge in [-0.1, -0.05) is 12.2 Å². The lowest BCUT2D eigenvalue weighted by molar-refractivity contribution is -0.121. The summed E-state index contributed by atoms with van der Waals surface area (Å²) in [6.07, 6.45) is 4.11. The predicted molar refractivity (Wildman–Crippen MR) is 73.5 cm³/mol. The minimum absolute atomic E-state index is 0.138. The number of nitrogens with one attached hydrogen (secondary N) is 2. The van der Waals surface area contributed by atoms with Gasteiger partial charge in [0, 0.05) is 13.0 Å². The van der Waals surface area contributed by atoms with E-state index in [-0.39, 0.29) is 5.91 Å². The average molecular weight is 254 g/mol. The second kappa shape index (κ2) is 9.11. The first kappa shape index (κ1) is 15.2. The molecule has 1 rings (SSSR count). The molecule has 18 heavy (non-hydrogen) atoms. The number of rotatable bonds is 8. The Labute approximate surface area is 110 Å². The highest BCUT2D eigenvalue weighted by Gasteiger charge is 2.14. The van der Waals surface area contributed by atoms with Crippen LogP contribution < -0.4 is 10.6 Å². The number of carbonyl (C=O) groups is 1. The van der Waals surface area contributed by atoms with E-state index in [1.165, 1.54) is 12.8 Å². The number of amides is 1. The van der Waals surface area contributed by atoms with Gasteiger partial charge >= 0.3 is 0 Å². The van der Waals surface area contributed by atoms with Crippen molar-refractivity contribution in [1.29, 1.82) is 0 Å². The molecule has 0 saturated carbocycles. The molecule has 0 spiro atoms. The van der Waals surface area contributed by atoms with Crippen LogP contribution in [0.5, 0.6) is 0 Å². The van der Waals surface area contributed by atoms with Crippen LogP contribution in [-0.2, 0) is 9.53 Å². The summed E-state index contributed by atoms with van der Waals surface area (Å²) in [7, 11) is 0. The minimum atomic E-state index is 0.138. The standard InChI is InChI=1S/C14H26N2O2/c1-12(2)11-18-9-8-16-14(17)6-5-13-4-3-7-15-10-13/h13,15H,1,3-11H2,2H3,(H,16,17). The predicted octanol–water partition coefficient (Wildman–Crippen LogP) is 1.48. The van der Waals surface area contributed by atoms with E-state index in [1.54, 1.807) is 0 Å². The van der Waals surface area contributed by atoms with E-state index < -0.39 is 0 Å². The molecule has 0 aromatic rings. The molecule has 0 aromatic heterocycles. The van der Waals surface area contributed by atoms with E-state index in [0.29, 0.717) is 32.1 Å². The number of piperidine rings is 1. The third kappa shape index (κ3) is 7.45. The van der Waals surface area contributed by atoms with Gasteiger partial charge in [-0.25, -0.2) is 0 Å². The van der Waals surface area contributed by atoms with Gasteiger partial charge in [0.2, 0.25) is 5.91 Å². The Morgan fingerprint density at radius 3 is 3.06 bits per heavy atom. The molecular formula is C14H26N2O2. The first-order valence-electron chi connectivity index (χ1n) is 6.88. The van der Waals surface area contributed by atoms with Gasteiger partial charge in [-0.3, -0.25) is 4.79 Å². The molecule has 1 aliphatic heterocycles. The van der Waals surface area contributed by atoms with Crippen molar-refractivity contribution in [2.75, 3.05) is 32.8 Å². The van der Waals surface area contributed by atoms with Gasteiger partial charge in [0.1, 0.15) is 0 Å². The lowest BCUT2D eigenvalue weighted by atomic mass is 9.94. The molecule has 1 fully saturated rings. The molecule has 0 bridgehead atoms. The van der Waals surface area contributed by atoms with Gasteiger partial charge in [0.15, 0.2) is 0 Å². The van der Waals surface area contributed by atoms with E-state index in [2.05, 4.69) is 17.2 Å². The highest BCUT2D eigenvalue weighted by atomic mass is 16.5. The van der Waals surface area contributed by atoms with Gasteiger partial charge in [-0.05, 0) is 45.2 Å². The lowest BCUT2D eigenvalue weighted by Crippen LogP contribution is -2.32.